The van der Waals surface area contributed by atoms with Crippen LogP contribution < -0.4 is 0 Å². The topological polar surface area (TPSA) is 30.0 Å². The molecule has 0 amide bonds. The van der Waals surface area contributed by atoms with Crippen molar-refractivity contribution in [1.29, 1.82) is 0 Å². The van der Waals surface area contributed by atoms with Crippen LogP contribution in [0, 0.1) is 16.7 Å². The summed E-state index contributed by atoms with van der Waals surface area (Å²) in [5, 5.41) is 0. The predicted octanol–water partition coefficient (Wildman–Crippen LogP) is 4.29. The minimum absolute atomic E-state index is 0.0856. The van der Waals surface area contributed by atoms with E-state index < -0.39 is 0 Å². The molecule has 1 rings (SSSR count). The van der Waals surface area contributed by atoms with E-state index in [1.165, 1.54) is 5.56 Å². The van der Waals surface area contributed by atoms with Gasteiger partial charge in [0.05, 0.1) is 0 Å². The van der Waals surface area contributed by atoms with Crippen molar-refractivity contribution in [3.05, 3.63) is 30.1 Å². The van der Waals surface area contributed by atoms with E-state index in [9.17, 15) is 4.79 Å². The van der Waals surface area contributed by atoms with Crippen LogP contribution in [-0.4, -0.2) is 10.8 Å². The van der Waals surface area contributed by atoms with E-state index >= 15 is 0 Å². The number of pyridine rings is 1. The maximum Gasteiger partial charge on any atom is 0.141 e. The highest BCUT2D eigenvalue weighted by molar-refractivity contribution is 5.86. The summed E-state index contributed by atoms with van der Waals surface area (Å²) in [6.07, 6.45) is 5.33. The molecule has 0 saturated heterocycles. The molecule has 0 N–H and O–H groups in total. The van der Waals surface area contributed by atoms with E-state index in [0.29, 0.717) is 5.78 Å². The first kappa shape index (κ1) is 15.9. The van der Waals surface area contributed by atoms with Crippen molar-refractivity contribution in [3.8, 4) is 0 Å². The predicted molar refractivity (Wildman–Crippen MR) is 80.0 cm³/mol. The molecule has 0 aromatic carbocycles. The zero-order valence-corrected chi connectivity index (χ0v) is 13.2. The van der Waals surface area contributed by atoms with Crippen LogP contribution in [0.1, 0.15) is 53.5 Å². The van der Waals surface area contributed by atoms with E-state index in [1.54, 1.807) is 12.4 Å². The van der Waals surface area contributed by atoms with Gasteiger partial charge < -0.3 is 0 Å². The maximum absolute atomic E-state index is 12.6. The lowest BCUT2D eigenvalue weighted by molar-refractivity contribution is -0.131. The van der Waals surface area contributed by atoms with Crippen molar-refractivity contribution in [1.82, 2.24) is 4.98 Å². The number of ketones is 1. The number of carbonyl (C=O) groups excluding carboxylic acids is 1. The van der Waals surface area contributed by atoms with Gasteiger partial charge in [0, 0.05) is 23.7 Å². The number of hydrogen-bond acceptors (Lipinski definition) is 2. The van der Waals surface area contributed by atoms with Gasteiger partial charge in [-0.2, -0.15) is 0 Å². The van der Waals surface area contributed by atoms with E-state index in [-0.39, 0.29) is 16.7 Å². The average Bonchev–Trinajstić information content (AvgIpc) is 2.25. The van der Waals surface area contributed by atoms with E-state index in [4.69, 9.17) is 0 Å². The van der Waals surface area contributed by atoms with Gasteiger partial charge in [0.2, 0.25) is 0 Å². The highest BCUT2D eigenvalue weighted by atomic mass is 16.1. The summed E-state index contributed by atoms with van der Waals surface area (Å²) in [6, 6.07) is 4.01. The van der Waals surface area contributed by atoms with Gasteiger partial charge in [0.1, 0.15) is 5.78 Å². The van der Waals surface area contributed by atoms with Crippen molar-refractivity contribution in [3.63, 3.8) is 0 Å². The highest BCUT2D eigenvalue weighted by Crippen LogP contribution is 2.32. The van der Waals surface area contributed by atoms with Gasteiger partial charge in [-0.15, -0.1) is 0 Å². The van der Waals surface area contributed by atoms with Gasteiger partial charge >= 0.3 is 0 Å². The normalized spacial score (nSPS) is 14.2. The summed E-state index contributed by atoms with van der Waals surface area (Å²) in [6.45, 7) is 12.6. The lowest BCUT2D eigenvalue weighted by atomic mass is 9.73. The zero-order valence-electron chi connectivity index (χ0n) is 13.2. The van der Waals surface area contributed by atoms with Gasteiger partial charge in [0.15, 0.2) is 0 Å². The number of hydrogen-bond donors (Lipinski definition) is 0. The first-order chi connectivity index (χ1) is 8.59. The van der Waals surface area contributed by atoms with Gasteiger partial charge in [-0.1, -0.05) is 41.5 Å². The summed E-state index contributed by atoms with van der Waals surface area (Å²) >= 11 is 0. The van der Waals surface area contributed by atoms with Gasteiger partial charge in [-0.05, 0) is 36.0 Å². The lowest BCUT2D eigenvalue weighted by Crippen LogP contribution is -2.32. The van der Waals surface area contributed by atoms with Crippen LogP contribution in [0.3, 0.4) is 0 Å². The molecule has 2 nitrogen and oxygen atoms in total. The molecule has 0 radical (unpaired) electrons. The quantitative estimate of drug-likeness (QED) is 0.809. The Morgan fingerprint density at radius 1 is 1.11 bits per heavy atom. The van der Waals surface area contributed by atoms with E-state index in [0.717, 1.165) is 12.8 Å². The second-order valence-corrected chi connectivity index (χ2v) is 7.64. The SMILES string of the molecule is CC(C)(C)CC(Cc1ccncc1)C(=O)C(C)(C)C. The molecule has 1 unspecified atom stereocenters. The van der Waals surface area contributed by atoms with Crippen molar-refractivity contribution in [2.24, 2.45) is 16.7 Å². The van der Waals surface area contributed by atoms with Crippen LogP contribution >= 0.6 is 0 Å². The molecule has 1 aromatic rings. The third-order valence-corrected chi connectivity index (χ3v) is 3.20. The van der Waals surface area contributed by atoms with Crippen LogP contribution in [0.5, 0.6) is 0 Å². The van der Waals surface area contributed by atoms with Gasteiger partial charge in [-0.25, -0.2) is 0 Å². The summed E-state index contributed by atoms with van der Waals surface area (Å²) < 4.78 is 0. The lowest BCUT2D eigenvalue weighted by Gasteiger charge is -2.30. The van der Waals surface area contributed by atoms with Crippen molar-refractivity contribution in [2.75, 3.05) is 0 Å². The minimum atomic E-state index is -0.275. The van der Waals surface area contributed by atoms with Gasteiger partial charge in [0.25, 0.3) is 0 Å². The van der Waals surface area contributed by atoms with E-state index in [1.807, 2.05) is 32.9 Å². The molecule has 19 heavy (non-hydrogen) atoms. The second kappa shape index (κ2) is 5.85. The number of nitrogens with zero attached hydrogens (tertiary/aromatic N) is 1. The molecule has 0 saturated carbocycles. The molecule has 0 bridgehead atoms. The summed E-state index contributed by atoms with van der Waals surface area (Å²) in [4.78, 5) is 16.7. The molecule has 0 fully saturated rings. The Labute approximate surface area is 117 Å². The molecular weight excluding hydrogens is 234 g/mol. The molecule has 0 aliphatic rings. The minimum Gasteiger partial charge on any atom is -0.299 e. The Morgan fingerprint density at radius 2 is 1.63 bits per heavy atom. The summed E-state index contributed by atoms with van der Waals surface area (Å²) in [7, 11) is 0. The molecule has 0 aliphatic heterocycles. The fourth-order valence-electron chi connectivity index (χ4n) is 2.41. The highest BCUT2D eigenvalue weighted by Gasteiger charge is 2.32. The molecule has 0 spiro atoms. The Balaban J connectivity index is 2.90. The fraction of sp³-hybridized carbons (Fsp3) is 0.647. The van der Waals surface area contributed by atoms with Crippen LogP contribution in [0.15, 0.2) is 24.5 Å². The monoisotopic (exact) mass is 261 g/mol. The van der Waals surface area contributed by atoms with Crippen LogP contribution in [0.2, 0.25) is 0 Å². The fourth-order valence-corrected chi connectivity index (χ4v) is 2.41. The van der Waals surface area contributed by atoms with Gasteiger partial charge in [-0.3, -0.25) is 9.78 Å². The van der Waals surface area contributed by atoms with Crippen molar-refractivity contribution >= 4 is 5.78 Å². The molecule has 1 heterocycles. The molecule has 1 atom stereocenters. The Bertz CT molecular complexity index is 409. The Hall–Kier alpha value is -1.18. The first-order valence-corrected chi connectivity index (χ1v) is 7.03. The molecule has 106 valence electrons. The Kier molecular flexibility index (Phi) is 4.89. The maximum atomic E-state index is 12.6. The number of carbonyl (C=O) groups is 1. The zero-order chi connectivity index (χ0) is 14.7. The largest absolute Gasteiger partial charge is 0.299 e. The Morgan fingerprint density at radius 3 is 2.05 bits per heavy atom. The van der Waals surface area contributed by atoms with E-state index in [2.05, 4.69) is 25.8 Å². The van der Waals surface area contributed by atoms with Crippen LogP contribution in [0.25, 0.3) is 0 Å². The smallest absolute Gasteiger partial charge is 0.141 e. The first-order valence-electron chi connectivity index (χ1n) is 7.03. The standard InChI is InChI=1S/C17H27NO/c1-16(2,3)12-14(15(19)17(4,5)6)11-13-7-9-18-10-8-13/h7-10,14H,11-12H2,1-6H3. The summed E-state index contributed by atoms with van der Waals surface area (Å²) in [5.41, 5.74) is 1.09. The molecular formula is C17H27NO. The molecule has 1 aromatic heterocycles. The number of aromatic nitrogens is 1. The summed E-state index contributed by atoms with van der Waals surface area (Å²) in [5.74, 6) is 0.446. The number of Topliss-reactive ketones (excluding diaryl/α,β-unsaturated/α-hetero) is 1. The molecule has 2 heteroatoms. The third-order valence-electron chi connectivity index (χ3n) is 3.20. The molecule has 0 aliphatic carbocycles. The van der Waals surface area contributed by atoms with Crippen molar-refractivity contribution in [2.45, 2.75) is 54.4 Å². The second-order valence-electron chi connectivity index (χ2n) is 7.64. The van der Waals surface area contributed by atoms with Crippen LogP contribution in [0.4, 0.5) is 0 Å². The van der Waals surface area contributed by atoms with Crippen molar-refractivity contribution < 1.29 is 4.79 Å². The number of rotatable bonds is 4. The third kappa shape index (κ3) is 5.54. The van der Waals surface area contributed by atoms with Crippen LogP contribution in [-0.2, 0) is 11.2 Å². The average molecular weight is 261 g/mol.